The summed E-state index contributed by atoms with van der Waals surface area (Å²) >= 11 is 0. The predicted octanol–water partition coefficient (Wildman–Crippen LogP) is 2.65. The van der Waals surface area contributed by atoms with Gasteiger partial charge in [0.2, 0.25) is 0 Å². The summed E-state index contributed by atoms with van der Waals surface area (Å²) in [4.78, 5) is 4.30. The largest absolute Gasteiger partial charge is 0.384 e. The standard InChI is InChI=1S/C11H23NO.Tb/c1-6-8-11(13,9(3)4)10(5)12-7-2;/h9,13H,6-8H2,1-5H3;. The Kier molecular flexibility index (Phi) is 10.0. The van der Waals surface area contributed by atoms with Crippen molar-refractivity contribution in [3.8, 4) is 0 Å². The topological polar surface area (TPSA) is 32.6 Å². The fourth-order valence-electron chi connectivity index (χ4n) is 1.64. The van der Waals surface area contributed by atoms with E-state index in [0.717, 1.165) is 25.1 Å². The minimum absolute atomic E-state index is 0. The van der Waals surface area contributed by atoms with E-state index in [-0.39, 0.29) is 44.5 Å². The molecule has 0 saturated heterocycles. The van der Waals surface area contributed by atoms with Crippen molar-refractivity contribution in [2.45, 2.75) is 53.1 Å². The zero-order valence-electron chi connectivity index (χ0n) is 9.93. The fourth-order valence-corrected chi connectivity index (χ4v) is 1.64. The third-order valence-corrected chi connectivity index (χ3v) is 2.61. The number of nitrogens with zero attached hydrogens (tertiary/aromatic N) is 1. The van der Waals surface area contributed by atoms with Crippen LogP contribution < -0.4 is 0 Å². The minimum Gasteiger partial charge on any atom is -0.384 e. The van der Waals surface area contributed by atoms with Crippen molar-refractivity contribution in [3.05, 3.63) is 0 Å². The number of hydrogen-bond acceptors (Lipinski definition) is 2. The quantitative estimate of drug-likeness (QED) is 0.764. The monoisotopic (exact) mass is 344 g/mol. The van der Waals surface area contributed by atoms with Crippen molar-refractivity contribution in [2.75, 3.05) is 6.54 Å². The Bertz CT molecular complexity index is 180. The Morgan fingerprint density at radius 1 is 1.36 bits per heavy atom. The molecule has 0 bridgehead atoms. The summed E-state index contributed by atoms with van der Waals surface area (Å²) in [5, 5.41) is 10.4. The first kappa shape index (κ1) is 17.3. The van der Waals surface area contributed by atoms with E-state index in [1.54, 1.807) is 0 Å². The predicted molar refractivity (Wildman–Crippen MR) is 58.3 cm³/mol. The van der Waals surface area contributed by atoms with Crippen LogP contribution in [0.25, 0.3) is 0 Å². The number of rotatable bonds is 5. The molecule has 0 rings (SSSR count). The molecule has 0 spiro atoms. The van der Waals surface area contributed by atoms with Crippen LogP contribution >= 0.6 is 0 Å². The molecule has 0 saturated carbocycles. The van der Waals surface area contributed by atoms with Crippen molar-refractivity contribution >= 4 is 5.71 Å². The summed E-state index contributed by atoms with van der Waals surface area (Å²) < 4.78 is 0. The first-order chi connectivity index (χ1) is 5.99. The maximum Gasteiger partial charge on any atom is 0.104 e. The molecule has 1 unspecified atom stereocenters. The molecule has 0 aliphatic rings. The Morgan fingerprint density at radius 3 is 2.14 bits per heavy atom. The summed E-state index contributed by atoms with van der Waals surface area (Å²) in [6.07, 6.45) is 1.80. The third kappa shape index (κ3) is 4.62. The van der Waals surface area contributed by atoms with Crippen LogP contribution in [0.2, 0.25) is 0 Å². The van der Waals surface area contributed by atoms with Gasteiger partial charge in [0, 0.05) is 50.9 Å². The molecule has 87 valence electrons. The van der Waals surface area contributed by atoms with E-state index in [0.29, 0.717) is 0 Å². The molecule has 2 nitrogen and oxygen atoms in total. The van der Waals surface area contributed by atoms with Crippen molar-refractivity contribution in [3.63, 3.8) is 0 Å². The summed E-state index contributed by atoms with van der Waals surface area (Å²) in [7, 11) is 0. The summed E-state index contributed by atoms with van der Waals surface area (Å²) in [5.74, 6) is 0.239. The zero-order chi connectivity index (χ0) is 10.5. The molecular formula is C11H23NOTb. The Balaban J connectivity index is 0. The van der Waals surface area contributed by atoms with Crippen molar-refractivity contribution in [2.24, 2.45) is 10.9 Å². The fraction of sp³-hybridized carbons (Fsp3) is 0.909. The SMILES string of the molecule is CCCC(O)(C(C)=NCC)C(C)C.[Tb]. The van der Waals surface area contributed by atoms with E-state index >= 15 is 0 Å². The molecule has 1 radical (unpaired) electrons. The smallest absolute Gasteiger partial charge is 0.104 e. The second-order valence-corrected chi connectivity index (χ2v) is 3.89. The Morgan fingerprint density at radius 2 is 1.86 bits per heavy atom. The van der Waals surface area contributed by atoms with Crippen LogP contribution in [-0.4, -0.2) is 23.0 Å². The average Bonchev–Trinajstić information content (AvgIpc) is 2.04. The summed E-state index contributed by atoms with van der Waals surface area (Å²) in [6, 6.07) is 0. The van der Waals surface area contributed by atoms with E-state index in [1.807, 2.05) is 27.7 Å². The molecule has 0 aliphatic heterocycles. The van der Waals surface area contributed by atoms with Gasteiger partial charge < -0.3 is 5.11 Å². The van der Waals surface area contributed by atoms with Gasteiger partial charge in [0.15, 0.2) is 0 Å². The molecule has 1 atom stereocenters. The van der Waals surface area contributed by atoms with Crippen LogP contribution in [0, 0.1) is 44.5 Å². The second kappa shape index (κ2) is 8.11. The van der Waals surface area contributed by atoms with E-state index in [4.69, 9.17) is 0 Å². The minimum atomic E-state index is -0.690. The van der Waals surface area contributed by atoms with Crippen LogP contribution in [0.15, 0.2) is 4.99 Å². The molecule has 0 aromatic carbocycles. The number of aliphatic hydroxyl groups is 1. The average molecular weight is 344 g/mol. The molecule has 0 aliphatic carbocycles. The van der Waals surface area contributed by atoms with Gasteiger partial charge in [-0.15, -0.1) is 0 Å². The van der Waals surface area contributed by atoms with Crippen LogP contribution in [0.1, 0.15) is 47.5 Å². The van der Waals surface area contributed by atoms with Crippen LogP contribution in [-0.2, 0) is 0 Å². The van der Waals surface area contributed by atoms with E-state index in [9.17, 15) is 5.11 Å². The van der Waals surface area contributed by atoms with Gasteiger partial charge in [-0.2, -0.15) is 0 Å². The van der Waals surface area contributed by atoms with Gasteiger partial charge in [0.05, 0.1) is 0 Å². The van der Waals surface area contributed by atoms with Gasteiger partial charge in [-0.25, -0.2) is 0 Å². The van der Waals surface area contributed by atoms with E-state index in [2.05, 4.69) is 11.9 Å². The Labute approximate surface area is 119 Å². The molecule has 3 heteroatoms. The maximum absolute atomic E-state index is 10.4. The van der Waals surface area contributed by atoms with Crippen molar-refractivity contribution in [1.29, 1.82) is 0 Å². The first-order valence-corrected chi connectivity index (χ1v) is 5.22. The van der Waals surface area contributed by atoms with Gasteiger partial charge in [-0.3, -0.25) is 4.99 Å². The van der Waals surface area contributed by atoms with Crippen molar-refractivity contribution in [1.82, 2.24) is 0 Å². The summed E-state index contributed by atoms with van der Waals surface area (Å²) in [6.45, 7) is 10.9. The maximum atomic E-state index is 10.4. The van der Waals surface area contributed by atoms with Gasteiger partial charge in [-0.1, -0.05) is 27.2 Å². The van der Waals surface area contributed by atoms with E-state index < -0.39 is 5.60 Å². The first-order valence-electron chi connectivity index (χ1n) is 5.22. The Hall–Kier alpha value is 0.916. The van der Waals surface area contributed by atoms with Crippen molar-refractivity contribution < 1.29 is 43.7 Å². The summed E-state index contributed by atoms with van der Waals surface area (Å²) in [5.41, 5.74) is 0.192. The van der Waals surface area contributed by atoms with Gasteiger partial charge in [0.25, 0.3) is 0 Å². The van der Waals surface area contributed by atoms with E-state index in [1.165, 1.54) is 0 Å². The molecule has 0 fully saturated rings. The molecule has 1 N–H and O–H groups in total. The van der Waals surface area contributed by atoms with Crippen LogP contribution in [0.5, 0.6) is 0 Å². The normalized spacial score (nSPS) is 16.4. The van der Waals surface area contributed by atoms with Gasteiger partial charge in [-0.05, 0) is 26.2 Å². The van der Waals surface area contributed by atoms with Crippen LogP contribution in [0.4, 0.5) is 0 Å². The molecule has 0 amide bonds. The molecular weight excluding hydrogens is 321 g/mol. The van der Waals surface area contributed by atoms with Gasteiger partial charge >= 0.3 is 0 Å². The van der Waals surface area contributed by atoms with Gasteiger partial charge in [0.1, 0.15) is 5.60 Å². The molecule has 14 heavy (non-hydrogen) atoms. The molecule has 0 heterocycles. The number of hydrogen-bond donors (Lipinski definition) is 1. The van der Waals surface area contributed by atoms with Crippen LogP contribution in [0.3, 0.4) is 0 Å². The second-order valence-electron chi connectivity index (χ2n) is 3.89. The molecule has 0 aromatic rings. The third-order valence-electron chi connectivity index (χ3n) is 2.61. The zero-order valence-corrected chi connectivity index (χ0v) is 12.1. The molecule has 0 aromatic heterocycles. The number of aliphatic imine (C=N–C) groups is 1.